The van der Waals surface area contributed by atoms with Crippen LogP contribution in [0.5, 0.6) is 0 Å². The number of hydrogen-bond acceptors (Lipinski definition) is 5. The maximum absolute atomic E-state index is 11.7. The summed E-state index contributed by atoms with van der Waals surface area (Å²) in [5.74, 6) is 4.94. The molecule has 7 heteroatoms. The first-order valence-corrected chi connectivity index (χ1v) is 8.27. The van der Waals surface area contributed by atoms with E-state index in [4.69, 9.17) is 17.5 Å². The second-order valence-corrected chi connectivity index (χ2v) is 6.71. The summed E-state index contributed by atoms with van der Waals surface area (Å²) in [5, 5.41) is 0.437. The van der Waals surface area contributed by atoms with E-state index in [1.807, 2.05) is 0 Å². The fraction of sp³-hybridized carbons (Fsp3) is 0.400. The van der Waals surface area contributed by atoms with E-state index in [0.29, 0.717) is 22.9 Å². The average molecular weight is 296 g/mol. The molecule has 4 nitrogen and oxygen atoms in total. The van der Waals surface area contributed by atoms with Crippen LogP contribution in [0.1, 0.15) is 5.56 Å². The summed E-state index contributed by atoms with van der Waals surface area (Å²) in [6.45, 7) is 0.318. The molecule has 2 N–H and O–H groups in total. The highest BCUT2D eigenvalue weighted by atomic mass is 35.5. The summed E-state index contributed by atoms with van der Waals surface area (Å²) in [7, 11) is -3.29. The molecule has 0 saturated heterocycles. The van der Waals surface area contributed by atoms with Gasteiger partial charge in [0.05, 0.1) is 16.5 Å². The molecule has 0 aromatic heterocycles. The predicted octanol–water partition coefficient (Wildman–Crippen LogP) is 1.90. The van der Waals surface area contributed by atoms with E-state index in [-0.39, 0.29) is 4.90 Å². The Bertz CT molecular complexity index is 503. The Morgan fingerprint density at radius 1 is 1.47 bits per heavy atom. The van der Waals surface area contributed by atoms with Crippen molar-refractivity contribution < 1.29 is 13.3 Å². The first-order valence-electron chi connectivity index (χ1n) is 4.78. The lowest BCUT2D eigenvalue weighted by atomic mass is 10.2. The summed E-state index contributed by atoms with van der Waals surface area (Å²) in [6, 6.07) is 3.35. The van der Waals surface area contributed by atoms with Crippen LogP contribution < -0.4 is 5.90 Å². The minimum absolute atomic E-state index is 0.254. The molecule has 0 bridgehead atoms. The Labute approximate surface area is 110 Å². The van der Waals surface area contributed by atoms with Gasteiger partial charge in [0.2, 0.25) is 0 Å². The largest absolute Gasteiger partial charge is 0.304 e. The van der Waals surface area contributed by atoms with Gasteiger partial charge in [0, 0.05) is 11.2 Å². The van der Waals surface area contributed by atoms with Crippen molar-refractivity contribution in [3.63, 3.8) is 0 Å². The lowest BCUT2D eigenvalue weighted by molar-refractivity contribution is 0.141. The quantitative estimate of drug-likeness (QED) is 0.664. The molecule has 0 aliphatic heterocycles. The van der Waals surface area contributed by atoms with Crippen LogP contribution in [0.3, 0.4) is 0 Å². The Hall–Kier alpha value is -0.270. The Morgan fingerprint density at radius 3 is 2.59 bits per heavy atom. The van der Waals surface area contributed by atoms with Gasteiger partial charge in [-0.1, -0.05) is 11.6 Å². The van der Waals surface area contributed by atoms with Gasteiger partial charge in [0.15, 0.2) is 9.84 Å². The number of rotatable bonds is 5. The molecule has 0 fully saturated rings. The fourth-order valence-corrected chi connectivity index (χ4v) is 3.98. The minimum atomic E-state index is -3.29. The van der Waals surface area contributed by atoms with Gasteiger partial charge in [-0.2, -0.15) is 0 Å². The van der Waals surface area contributed by atoms with Crippen molar-refractivity contribution in [2.24, 2.45) is 5.90 Å². The van der Waals surface area contributed by atoms with E-state index in [0.717, 1.165) is 5.56 Å². The molecular weight excluding hydrogens is 282 g/mol. The van der Waals surface area contributed by atoms with Crippen LogP contribution in [0.2, 0.25) is 5.02 Å². The van der Waals surface area contributed by atoms with Crippen LogP contribution in [0.4, 0.5) is 0 Å². The smallest absolute Gasteiger partial charge is 0.176 e. The predicted molar refractivity (Wildman–Crippen MR) is 70.2 cm³/mol. The summed E-state index contributed by atoms with van der Waals surface area (Å²) in [4.78, 5) is 5.30. The van der Waals surface area contributed by atoms with Crippen LogP contribution in [0.25, 0.3) is 0 Å². The van der Waals surface area contributed by atoms with Crippen molar-refractivity contribution in [2.75, 3.05) is 19.1 Å². The van der Waals surface area contributed by atoms with Crippen molar-refractivity contribution in [1.29, 1.82) is 0 Å². The molecule has 0 aliphatic carbocycles. The lowest BCUT2D eigenvalue weighted by Gasteiger charge is -2.10. The van der Waals surface area contributed by atoms with E-state index in [9.17, 15) is 8.42 Å². The van der Waals surface area contributed by atoms with Gasteiger partial charge < -0.3 is 4.84 Å². The molecule has 0 amide bonds. The molecule has 0 spiro atoms. The number of halogens is 1. The summed E-state index contributed by atoms with van der Waals surface area (Å²) in [6.07, 6.45) is 3.48. The van der Waals surface area contributed by atoms with E-state index < -0.39 is 9.84 Å². The van der Waals surface area contributed by atoms with E-state index in [2.05, 4.69) is 4.84 Å². The van der Waals surface area contributed by atoms with Gasteiger partial charge in [0.1, 0.15) is 0 Å². The van der Waals surface area contributed by atoms with Crippen LogP contribution in [0, 0.1) is 0 Å². The summed E-state index contributed by atoms with van der Waals surface area (Å²) < 4.78 is 23.3. The van der Waals surface area contributed by atoms with Gasteiger partial charge in [-0.05, 0) is 30.4 Å². The van der Waals surface area contributed by atoms with Crippen LogP contribution in [-0.4, -0.2) is 27.5 Å². The molecule has 17 heavy (non-hydrogen) atoms. The first-order chi connectivity index (χ1) is 7.90. The Balaban J connectivity index is 3.29. The molecule has 96 valence electrons. The zero-order valence-corrected chi connectivity index (χ0v) is 12.0. The highest BCUT2D eigenvalue weighted by Gasteiger charge is 2.17. The van der Waals surface area contributed by atoms with E-state index in [1.165, 1.54) is 18.0 Å². The number of thioether (sulfide) groups is 1. The highest BCUT2D eigenvalue weighted by molar-refractivity contribution is 7.99. The first kappa shape index (κ1) is 14.8. The van der Waals surface area contributed by atoms with Crippen molar-refractivity contribution in [2.45, 2.75) is 16.2 Å². The van der Waals surface area contributed by atoms with Crippen molar-refractivity contribution >= 4 is 33.2 Å². The number of nitrogens with two attached hydrogens (primary N) is 1. The molecule has 0 radical (unpaired) electrons. The second kappa shape index (κ2) is 6.06. The monoisotopic (exact) mass is 295 g/mol. The third-order valence-corrected chi connectivity index (χ3v) is 4.69. The van der Waals surface area contributed by atoms with Crippen molar-refractivity contribution in [1.82, 2.24) is 0 Å². The Kier molecular flexibility index (Phi) is 5.27. The lowest BCUT2D eigenvalue weighted by Crippen LogP contribution is -2.06. The number of benzene rings is 1. The Morgan fingerprint density at radius 2 is 2.12 bits per heavy atom. The zero-order chi connectivity index (χ0) is 13.1. The maximum Gasteiger partial charge on any atom is 0.176 e. The molecule has 1 aromatic rings. The second-order valence-electron chi connectivity index (χ2n) is 3.50. The summed E-state index contributed by atoms with van der Waals surface area (Å²) in [5.41, 5.74) is 0.790. The van der Waals surface area contributed by atoms with Gasteiger partial charge >= 0.3 is 0 Å². The number of sulfone groups is 1. The van der Waals surface area contributed by atoms with Crippen LogP contribution in [-0.2, 0) is 21.1 Å². The zero-order valence-electron chi connectivity index (χ0n) is 9.57. The normalized spacial score (nSPS) is 11.8. The van der Waals surface area contributed by atoms with E-state index in [1.54, 1.807) is 18.4 Å². The summed E-state index contributed by atoms with van der Waals surface area (Å²) >= 11 is 7.38. The third-order valence-electron chi connectivity index (χ3n) is 2.18. The van der Waals surface area contributed by atoms with E-state index >= 15 is 0 Å². The van der Waals surface area contributed by atoms with Gasteiger partial charge in [0.25, 0.3) is 0 Å². The third kappa shape index (κ3) is 3.86. The van der Waals surface area contributed by atoms with Gasteiger partial charge in [-0.3, -0.25) is 0 Å². The molecule has 0 atom stereocenters. The minimum Gasteiger partial charge on any atom is -0.304 e. The fourth-order valence-electron chi connectivity index (χ4n) is 1.42. The molecule has 0 saturated carbocycles. The molecule has 0 unspecified atom stereocenters. The topological polar surface area (TPSA) is 69.4 Å². The standard InChI is InChI=1S/C10H14ClNO3S2/c1-16-10-8(11)5-7(3-4-15-12)6-9(10)17(2,13)14/h5-6H,3-4,12H2,1-2H3. The highest BCUT2D eigenvalue weighted by Crippen LogP contribution is 2.33. The average Bonchev–Trinajstić information content (AvgIpc) is 2.24. The van der Waals surface area contributed by atoms with Gasteiger partial charge in [-0.25, -0.2) is 14.3 Å². The molecule has 0 aliphatic rings. The molecular formula is C10H14ClNO3S2. The maximum atomic E-state index is 11.7. The number of hydrogen-bond donors (Lipinski definition) is 1. The van der Waals surface area contributed by atoms with Crippen LogP contribution in [0.15, 0.2) is 21.9 Å². The van der Waals surface area contributed by atoms with Crippen LogP contribution >= 0.6 is 23.4 Å². The van der Waals surface area contributed by atoms with Crippen molar-refractivity contribution in [3.05, 3.63) is 22.7 Å². The molecule has 1 rings (SSSR count). The SMILES string of the molecule is CSc1c(Cl)cc(CCON)cc1S(C)(=O)=O. The van der Waals surface area contributed by atoms with Crippen molar-refractivity contribution in [3.8, 4) is 0 Å². The molecule has 0 heterocycles. The van der Waals surface area contributed by atoms with Gasteiger partial charge in [-0.15, -0.1) is 11.8 Å². The molecule has 1 aromatic carbocycles.